The zero-order chi connectivity index (χ0) is 19.3. The lowest BCUT2D eigenvalue weighted by Gasteiger charge is -2.32. The van der Waals surface area contributed by atoms with Crippen LogP contribution in [-0.2, 0) is 13.1 Å². The number of nitrogens with zero attached hydrogens (tertiary/aromatic N) is 6. The van der Waals surface area contributed by atoms with Crippen LogP contribution in [0.2, 0.25) is 0 Å². The van der Waals surface area contributed by atoms with Crippen molar-refractivity contribution in [3.8, 4) is 11.3 Å². The summed E-state index contributed by atoms with van der Waals surface area (Å²) in [7, 11) is 0. The van der Waals surface area contributed by atoms with Crippen molar-refractivity contribution in [2.75, 3.05) is 13.1 Å². The second-order valence-corrected chi connectivity index (χ2v) is 7.31. The van der Waals surface area contributed by atoms with Crippen molar-refractivity contribution in [1.82, 2.24) is 29.4 Å². The van der Waals surface area contributed by atoms with Gasteiger partial charge in [0, 0.05) is 49.5 Å². The molecule has 0 amide bonds. The Kier molecular flexibility index (Phi) is 5.53. The van der Waals surface area contributed by atoms with Crippen LogP contribution in [0.15, 0.2) is 54.1 Å². The second-order valence-electron chi connectivity index (χ2n) is 7.31. The number of hydrogen-bond donors (Lipinski definition) is 0. The predicted molar refractivity (Wildman–Crippen MR) is 106 cm³/mol. The topological polar surface area (TPSA) is 76.8 Å². The lowest BCUT2D eigenvalue weighted by Crippen LogP contribution is -2.36. The molecule has 4 rings (SSSR count). The molecule has 0 atom stereocenters. The highest BCUT2D eigenvalue weighted by Gasteiger charge is 2.21. The molecule has 0 bridgehead atoms. The second kappa shape index (κ2) is 8.39. The fraction of sp³-hybridized carbons (Fsp3) is 0.381. The van der Waals surface area contributed by atoms with E-state index in [9.17, 15) is 4.79 Å². The molecule has 0 N–H and O–H groups in total. The fourth-order valence-corrected chi connectivity index (χ4v) is 3.64. The van der Waals surface area contributed by atoms with Gasteiger partial charge in [-0.15, -0.1) is 0 Å². The standard InChI is InChI=1S/C21H24N6O/c1-16-20(24-8-7-23-16)14-26-9-4-17(5-10-26)13-27-15-25-19(11-21(27)28)18-3-2-6-22-12-18/h2-3,6-8,11-12,15,17H,4-5,9-10,13-14H2,1H3. The molecule has 1 aliphatic rings. The summed E-state index contributed by atoms with van der Waals surface area (Å²) >= 11 is 0. The maximum Gasteiger partial charge on any atom is 0.253 e. The number of aryl methyl sites for hydroxylation is 1. The normalized spacial score (nSPS) is 15.6. The van der Waals surface area contributed by atoms with Gasteiger partial charge in [0.25, 0.3) is 5.56 Å². The molecule has 0 unspecified atom stereocenters. The van der Waals surface area contributed by atoms with Gasteiger partial charge in [-0.2, -0.15) is 0 Å². The highest BCUT2D eigenvalue weighted by Crippen LogP contribution is 2.20. The first kappa shape index (κ1) is 18.4. The molecule has 1 saturated heterocycles. The van der Waals surface area contributed by atoms with Crippen molar-refractivity contribution in [2.24, 2.45) is 5.92 Å². The van der Waals surface area contributed by atoms with Crippen LogP contribution in [-0.4, -0.2) is 42.5 Å². The highest BCUT2D eigenvalue weighted by atomic mass is 16.1. The Morgan fingerprint density at radius 3 is 2.64 bits per heavy atom. The molecule has 0 radical (unpaired) electrons. The zero-order valence-corrected chi connectivity index (χ0v) is 16.0. The van der Waals surface area contributed by atoms with E-state index in [1.807, 2.05) is 19.1 Å². The van der Waals surface area contributed by atoms with Gasteiger partial charge in [-0.3, -0.25) is 29.2 Å². The SMILES string of the molecule is Cc1nccnc1CN1CCC(Cn2cnc(-c3cccnc3)cc2=O)CC1. The molecule has 1 aliphatic heterocycles. The first-order valence-electron chi connectivity index (χ1n) is 9.65. The Morgan fingerprint density at radius 1 is 1.11 bits per heavy atom. The van der Waals surface area contributed by atoms with Gasteiger partial charge in [0.05, 0.1) is 23.4 Å². The first-order chi connectivity index (χ1) is 13.7. The molecule has 3 aromatic rings. The Labute approximate surface area is 164 Å². The molecule has 0 saturated carbocycles. The summed E-state index contributed by atoms with van der Waals surface area (Å²) < 4.78 is 1.73. The Morgan fingerprint density at radius 2 is 1.93 bits per heavy atom. The third kappa shape index (κ3) is 4.31. The van der Waals surface area contributed by atoms with Gasteiger partial charge in [0.2, 0.25) is 0 Å². The molecule has 7 nitrogen and oxygen atoms in total. The lowest BCUT2D eigenvalue weighted by atomic mass is 9.96. The molecule has 3 aromatic heterocycles. The van der Waals surface area contributed by atoms with Gasteiger partial charge in [-0.25, -0.2) is 4.98 Å². The van der Waals surface area contributed by atoms with Gasteiger partial charge in [-0.1, -0.05) is 0 Å². The quantitative estimate of drug-likeness (QED) is 0.680. The number of rotatable bonds is 5. The summed E-state index contributed by atoms with van der Waals surface area (Å²) in [6.45, 7) is 5.59. The Bertz CT molecular complexity index is 979. The minimum atomic E-state index is -0.00790. The van der Waals surface area contributed by atoms with Crippen molar-refractivity contribution in [2.45, 2.75) is 32.9 Å². The lowest BCUT2D eigenvalue weighted by molar-refractivity contribution is 0.164. The van der Waals surface area contributed by atoms with Crippen molar-refractivity contribution < 1.29 is 0 Å². The van der Waals surface area contributed by atoms with Crippen LogP contribution < -0.4 is 5.56 Å². The first-order valence-corrected chi connectivity index (χ1v) is 9.65. The molecule has 144 valence electrons. The van der Waals surface area contributed by atoms with Gasteiger partial charge < -0.3 is 0 Å². The monoisotopic (exact) mass is 376 g/mol. The van der Waals surface area contributed by atoms with E-state index in [1.54, 1.807) is 41.7 Å². The Balaban J connectivity index is 1.35. The Hall–Kier alpha value is -2.93. The van der Waals surface area contributed by atoms with E-state index in [0.717, 1.165) is 56.0 Å². The number of hydrogen-bond acceptors (Lipinski definition) is 6. The number of likely N-dealkylation sites (tertiary alicyclic amines) is 1. The van der Waals surface area contributed by atoms with E-state index in [0.29, 0.717) is 11.6 Å². The van der Waals surface area contributed by atoms with Crippen LogP contribution in [0.5, 0.6) is 0 Å². The minimum Gasteiger partial charge on any atom is -0.299 e. The fourth-order valence-electron chi connectivity index (χ4n) is 3.64. The third-order valence-corrected chi connectivity index (χ3v) is 5.36. The minimum absolute atomic E-state index is 0.00790. The zero-order valence-electron chi connectivity index (χ0n) is 16.0. The summed E-state index contributed by atoms with van der Waals surface area (Å²) in [5, 5.41) is 0. The van der Waals surface area contributed by atoms with Crippen molar-refractivity contribution in [3.63, 3.8) is 0 Å². The average Bonchev–Trinajstić information content (AvgIpc) is 2.73. The molecule has 1 fully saturated rings. The predicted octanol–water partition coefficient (Wildman–Crippen LogP) is 2.32. The smallest absolute Gasteiger partial charge is 0.253 e. The maximum absolute atomic E-state index is 12.5. The van der Waals surface area contributed by atoms with E-state index < -0.39 is 0 Å². The molecule has 4 heterocycles. The van der Waals surface area contributed by atoms with Gasteiger partial charge in [-0.05, 0) is 50.9 Å². The van der Waals surface area contributed by atoms with E-state index in [-0.39, 0.29) is 5.56 Å². The number of aromatic nitrogens is 5. The van der Waals surface area contributed by atoms with Crippen LogP contribution in [0.25, 0.3) is 11.3 Å². The van der Waals surface area contributed by atoms with Gasteiger partial charge >= 0.3 is 0 Å². The summed E-state index contributed by atoms with van der Waals surface area (Å²) in [5.41, 5.74) is 3.57. The number of piperidine rings is 1. The van der Waals surface area contributed by atoms with E-state index in [2.05, 4.69) is 24.8 Å². The summed E-state index contributed by atoms with van der Waals surface area (Å²) in [5.74, 6) is 0.489. The van der Waals surface area contributed by atoms with Crippen molar-refractivity contribution >= 4 is 0 Å². The van der Waals surface area contributed by atoms with Crippen LogP contribution in [0, 0.1) is 12.8 Å². The number of pyridine rings is 1. The van der Waals surface area contributed by atoms with E-state index in [4.69, 9.17) is 0 Å². The van der Waals surface area contributed by atoms with Crippen LogP contribution in [0.1, 0.15) is 24.2 Å². The molecule has 0 aromatic carbocycles. The van der Waals surface area contributed by atoms with Gasteiger partial charge in [0.15, 0.2) is 0 Å². The molecule has 0 spiro atoms. The summed E-state index contributed by atoms with van der Waals surface area (Å²) in [4.78, 5) is 32.2. The third-order valence-electron chi connectivity index (χ3n) is 5.36. The van der Waals surface area contributed by atoms with Crippen LogP contribution >= 0.6 is 0 Å². The van der Waals surface area contributed by atoms with Crippen molar-refractivity contribution in [1.29, 1.82) is 0 Å². The summed E-state index contributed by atoms with van der Waals surface area (Å²) in [6.07, 6.45) is 10.7. The van der Waals surface area contributed by atoms with Crippen LogP contribution in [0.4, 0.5) is 0 Å². The van der Waals surface area contributed by atoms with E-state index >= 15 is 0 Å². The average molecular weight is 376 g/mol. The summed E-state index contributed by atoms with van der Waals surface area (Å²) in [6, 6.07) is 5.36. The molecule has 7 heteroatoms. The van der Waals surface area contributed by atoms with Gasteiger partial charge in [0.1, 0.15) is 0 Å². The van der Waals surface area contributed by atoms with Crippen LogP contribution in [0.3, 0.4) is 0 Å². The molecule has 28 heavy (non-hydrogen) atoms. The largest absolute Gasteiger partial charge is 0.299 e. The maximum atomic E-state index is 12.5. The van der Waals surface area contributed by atoms with E-state index in [1.165, 1.54) is 0 Å². The molecule has 0 aliphatic carbocycles. The molecular formula is C21H24N6O. The molecular weight excluding hydrogens is 352 g/mol. The highest BCUT2D eigenvalue weighted by molar-refractivity contribution is 5.56. The van der Waals surface area contributed by atoms with Crippen molar-refractivity contribution in [3.05, 3.63) is 71.1 Å².